The molecule has 0 spiro atoms. The second-order valence-electron chi connectivity index (χ2n) is 3.51. The van der Waals surface area contributed by atoms with Crippen molar-refractivity contribution in [1.82, 2.24) is 4.98 Å². The van der Waals surface area contributed by atoms with Crippen molar-refractivity contribution in [3.8, 4) is 0 Å². The van der Waals surface area contributed by atoms with Crippen LogP contribution in [-0.2, 0) is 0 Å². The molecule has 16 heavy (non-hydrogen) atoms. The van der Waals surface area contributed by atoms with Crippen LogP contribution in [0.1, 0.15) is 0 Å². The standard InChI is InChI=1S/C12H7NO3/c14-7-3-4-8-10(6-7)16-12(15)9-2-1-5-13-11(8)9/h1-6,13H. The van der Waals surface area contributed by atoms with Crippen LogP contribution in [-0.4, -0.2) is 4.98 Å². The predicted octanol–water partition coefficient (Wildman–Crippen LogP) is 1.63. The van der Waals surface area contributed by atoms with Gasteiger partial charge in [-0.2, -0.15) is 0 Å². The molecule has 3 aromatic rings. The molecule has 0 aliphatic heterocycles. The number of benzene rings is 1. The Morgan fingerprint density at radius 1 is 1.06 bits per heavy atom. The molecule has 3 rings (SSSR count). The van der Waals surface area contributed by atoms with Gasteiger partial charge in [-0.1, -0.05) is 0 Å². The van der Waals surface area contributed by atoms with Crippen LogP contribution in [0.5, 0.6) is 0 Å². The van der Waals surface area contributed by atoms with Gasteiger partial charge in [-0.25, -0.2) is 4.79 Å². The van der Waals surface area contributed by atoms with Gasteiger partial charge in [-0.3, -0.25) is 4.79 Å². The van der Waals surface area contributed by atoms with E-state index in [1.165, 1.54) is 12.1 Å². The molecule has 1 aromatic carbocycles. The lowest BCUT2D eigenvalue weighted by atomic mass is 10.1. The van der Waals surface area contributed by atoms with Crippen molar-refractivity contribution in [3.05, 3.63) is 57.2 Å². The van der Waals surface area contributed by atoms with Crippen molar-refractivity contribution >= 4 is 21.9 Å². The van der Waals surface area contributed by atoms with Crippen molar-refractivity contribution < 1.29 is 4.42 Å². The summed E-state index contributed by atoms with van der Waals surface area (Å²) < 4.78 is 5.08. The third-order valence-corrected chi connectivity index (χ3v) is 2.50. The number of hydrogen-bond acceptors (Lipinski definition) is 3. The number of aromatic amines is 1. The van der Waals surface area contributed by atoms with Crippen molar-refractivity contribution in [2.75, 3.05) is 0 Å². The summed E-state index contributed by atoms with van der Waals surface area (Å²) in [5, 5.41) is 1.21. The highest BCUT2D eigenvalue weighted by Gasteiger charge is 2.06. The fourth-order valence-corrected chi connectivity index (χ4v) is 1.78. The average Bonchev–Trinajstić information content (AvgIpc) is 2.29. The van der Waals surface area contributed by atoms with Crippen molar-refractivity contribution in [2.24, 2.45) is 0 Å². The minimum atomic E-state index is -0.440. The molecule has 78 valence electrons. The molecule has 1 N–H and O–H groups in total. The molecule has 0 atom stereocenters. The number of pyridine rings is 1. The fourth-order valence-electron chi connectivity index (χ4n) is 1.78. The third kappa shape index (κ3) is 1.16. The molecule has 0 aliphatic carbocycles. The molecule has 0 saturated carbocycles. The summed E-state index contributed by atoms with van der Waals surface area (Å²) >= 11 is 0. The molecule has 0 fully saturated rings. The smallest absolute Gasteiger partial charge is 0.345 e. The molecule has 0 unspecified atom stereocenters. The number of fused-ring (bicyclic) bond motifs is 3. The molecular weight excluding hydrogens is 206 g/mol. The van der Waals surface area contributed by atoms with Crippen molar-refractivity contribution in [2.45, 2.75) is 0 Å². The Balaban J connectivity index is 2.69. The van der Waals surface area contributed by atoms with Gasteiger partial charge < -0.3 is 9.40 Å². The molecule has 0 amide bonds. The Hall–Kier alpha value is -2.36. The topological polar surface area (TPSA) is 63.1 Å². The quantitative estimate of drug-likeness (QED) is 0.456. The lowest BCUT2D eigenvalue weighted by Gasteiger charge is -2.00. The molecule has 0 aliphatic rings. The van der Waals surface area contributed by atoms with Gasteiger partial charge >= 0.3 is 5.63 Å². The van der Waals surface area contributed by atoms with E-state index in [1.807, 2.05) is 0 Å². The first-order chi connectivity index (χ1) is 7.75. The van der Waals surface area contributed by atoms with Crippen LogP contribution in [0.4, 0.5) is 0 Å². The van der Waals surface area contributed by atoms with E-state index in [2.05, 4.69) is 4.98 Å². The predicted molar refractivity (Wildman–Crippen MR) is 60.6 cm³/mol. The van der Waals surface area contributed by atoms with Gasteiger partial charge in [-0.15, -0.1) is 0 Å². The summed E-state index contributed by atoms with van der Waals surface area (Å²) in [5.41, 5.74) is 0.386. The van der Waals surface area contributed by atoms with Gasteiger partial charge in [0, 0.05) is 17.6 Å². The van der Waals surface area contributed by atoms with Gasteiger partial charge in [0.05, 0.1) is 10.9 Å². The van der Waals surface area contributed by atoms with E-state index < -0.39 is 5.63 Å². The van der Waals surface area contributed by atoms with Gasteiger partial charge in [0.25, 0.3) is 0 Å². The second-order valence-corrected chi connectivity index (χ2v) is 3.51. The Morgan fingerprint density at radius 3 is 2.81 bits per heavy atom. The lowest BCUT2D eigenvalue weighted by Crippen LogP contribution is -2.03. The average molecular weight is 213 g/mol. The number of hydrogen-bond donors (Lipinski definition) is 1. The van der Waals surface area contributed by atoms with Crippen LogP contribution < -0.4 is 11.1 Å². The number of nitrogens with one attached hydrogen (secondary N) is 1. The highest BCUT2D eigenvalue weighted by molar-refractivity contribution is 6.01. The van der Waals surface area contributed by atoms with E-state index in [9.17, 15) is 9.59 Å². The lowest BCUT2D eigenvalue weighted by molar-refractivity contribution is 0.569. The van der Waals surface area contributed by atoms with Gasteiger partial charge in [-0.05, 0) is 24.3 Å². The summed E-state index contributed by atoms with van der Waals surface area (Å²) in [5.74, 6) is 0. The Morgan fingerprint density at radius 2 is 1.94 bits per heavy atom. The molecule has 0 bridgehead atoms. The molecule has 4 nitrogen and oxygen atoms in total. The minimum absolute atomic E-state index is 0.175. The van der Waals surface area contributed by atoms with Gasteiger partial charge in [0.1, 0.15) is 5.58 Å². The maximum atomic E-state index is 11.6. The van der Waals surface area contributed by atoms with Crippen LogP contribution >= 0.6 is 0 Å². The van der Waals surface area contributed by atoms with E-state index in [1.54, 1.807) is 24.4 Å². The van der Waals surface area contributed by atoms with Gasteiger partial charge in [0.15, 0.2) is 5.43 Å². The Bertz CT molecular complexity index is 798. The molecular formula is C12H7NO3. The SMILES string of the molecule is O=c1ccc2c(c1)oc(=O)c1ccc[nH]c12. The van der Waals surface area contributed by atoms with E-state index in [0.29, 0.717) is 16.5 Å². The van der Waals surface area contributed by atoms with E-state index in [-0.39, 0.29) is 5.43 Å². The zero-order valence-electron chi connectivity index (χ0n) is 8.19. The summed E-state index contributed by atoms with van der Waals surface area (Å²) in [6.07, 6.45) is 1.73. The first kappa shape index (κ1) is 8.91. The summed E-state index contributed by atoms with van der Waals surface area (Å²) in [6.45, 7) is 0. The molecule has 0 saturated heterocycles. The van der Waals surface area contributed by atoms with E-state index in [4.69, 9.17) is 4.42 Å². The molecule has 0 radical (unpaired) electrons. The maximum Gasteiger partial charge on any atom is 0.345 e. The Labute approximate surface area is 89.1 Å². The number of aromatic nitrogens is 1. The molecule has 2 heterocycles. The summed E-state index contributed by atoms with van der Waals surface area (Å²) in [7, 11) is 0. The highest BCUT2D eigenvalue weighted by atomic mass is 16.4. The second kappa shape index (κ2) is 3.06. The van der Waals surface area contributed by atoms with Crippen LogP contribution in [0.25, 0.3) is 21.9 Å². The number of rotatable bonds is 0. The number of H-pyrrole nitrogens is 1. The first-order valence-corrected chi connectivity index (χ1v) is 4.80. The summed E-state index contributed by atoms with van der Waals surface area (Å²) in [4.78, 5) is 25.8. The van der Waals surface area contributed by atoms with Crippen LogP contribution in [0.2, 0.25) is 0 Å². The maximum absolute atomic E-state index is 11.6. The van der Waals surface area contributed by atoms with Crippen molar-refractivity contribution in [1.29, 1.82) is 0 Å². The van der Waals surface area contributed by atoms with Crippen LogP contribution in [0.3, 0.4) is 0 Å². The van der Waals surface area contributed by atoms with E-state index >= 15 is 0 Å². The molecule has 4 heteroatoms. The van der Waals surface area contributed by atoms with Crippen LogP contribution in [0.15, 0.2) is 50.5 Å². The normalized spacial score (nSPS) is 11.0. The van der Waals surface area contributed by atoms with Gasteiger partial charge in [0.2, 0.25) is 0 Å². The first-order valence-electron chi connectivity index (χ1n) is 4.80. The zero-order chi connectivity index (χ0) is 11.1. The van der Waals surface area contributed by atoms with E-state index in [0.717, 1.165) is 5.39 Å². The third-order valence-electron chi connectivity index (χ3n) is 2.50. The fraction of sp³-hybridized carbons (Fsp3) is 0. The molecule has 2 aromatic heterocycles. The van der Waals surface area contributed by atoms with Crippen molar-refractivity contribution in [3.63, 3.8) is 0 Å². The minimum Gasteiger partial charge on any atom is -0.422 e. The Kier molecular flexibility index (Phi) is 1.71. The highest BCUT2D eigenvalue weighted by Crippen LogP contribution is 2.18. The monoisotopic (exact) mass is 213 g/mol. The van der Waals surface area contributed by atoms with Crippen LogP contribution in [0, 0.1) is 0 Å². The summed E-state index contributed by atoms with van der Waals surface area (Å²) in [6, 6.07) is 7.83. The largest absolute Gasteiger partial charge is 0.422 e. The zero-order valence-corrected chi connectivity index (χ0v) is 8.19.